The van der Waals surface area contributed by atoms with E-state index in [9.17, 15) is 18.0 Å². The minimum Gasteiger partial charge on any atom is -0.493 e. The molecular formula is C23H21ClF3NO3. The Hall–Kier alpha value is -2.51. The van der Waals surface area contributed by atoms with Crippen molar-refractivity contribution in [2.45, 2.75) is 37.9 Å². The Bertz CT molecular complexity index is 1140. The third-order valence-corrected chi connectivity index (χ3v) is 5.70. The van der Waals surface area contributed by atoms with Crippen LogP contribution >= 0.6 is 11.6 Å². The van der Waals surface area contributed by atoms with Crippen LogP contribution in [0.15, 0.2) is 51.7 Å². The van der Waals surface area contributed by atoms with Gasteiger partial charge in [-0.1, -0.05) is 24.1 Å². The molecule has 1 aromatic heterocycles. The number of hydrogen-bond acceptors (Lipinski definition) is 4. The van der Waals surface area contributed by atoms with Crippen molar-refractivity contribution < 1.29 is 22.3 Å². The van der Waals surface area contributed by atoms with Gasteiger partial charge >= 0.3 is 6.18 Å². The van der Waals surface area contributed by atoms with E-state index in [0.717, 1.165) is 31.5 Å². The number of nitrogens with one attached hydrogen (secondary N) is 1. The average molecular weight is 452 g/mol. The Morgan fingerprint density at radius 1 is 1.16 bits per heavy atom. The quantitative estimate of drug-likeness (QED) is 0.445. The van der Waals surface area contributed by atoms with Crippen molar-refractivity contribution in [3.05, 3.63) is 63.3 Å². The zero-order chi connectivity index (χ0) is 22.0. The lowest BCUT2D eigenvalue weighted by Gasteiger charge is -2.26. The number of ether oxygens (including phenoxy) is 1. The first kappa shape index (κ1) is 21.7. The van der Waals surface area contributed by atoms with Crippen molar-refractivity contribution in [3.63, 3.8) is 0 Å². The third-order valence-electron chi connectivity index (χ3n) is 5.40. The highest BCUT2D eigenvalue weighted by molar-refractivity contribution is 6.34. The lowest BCUT2D eigenvalue weighted by Crippen LogP contribution is -2.36. The summed E-state index contributed by atoms with van der Waals surface area (Å²) in [5.74, 6) is 0.106. The summed E-state index contributed by atoms with van der Waals surface area (Å²) in [5.41, 5.74) is -0.726. The lowest BCUT2D eigenvalue weighted by molar-refractivity contribution is -0.137. The zero-order valence-corrected chi connectivity index (χ0v) is 17.4. The van der Waals surface area contributed by atoms with Gasteiger partial charge in [0.15, 0.2) is 11.0 Å². The molecule has 1 heterocycles. The largest absolute Gasteiger partial charge is 0.493 e. The minimum atomic E-state index is -4.52. The van der Waals surface area contributed by atoms with Crippen molar-refractivity contribution in [1.29, 1.82) is 0 Å². The number of alkyl halides is 3. The molecule has 1 aliphatic carbocycles. The first-order chi connectivity index (χ1) is 14.8. The Morgan fingerprint density at radius 2 is 1.97 bits per heavy atom. The average Bonchev–Trinajstić information content (AvgIpc) is 2.69. The Morgan fingerprint density at radius 3 is 2.68 bits per heavy atom. The highest BCUT2D eigenvalue weighted by Crippen LogP contribution is 2.38. The molecule has 0 bridgehead atoms. The van der Waals surface area contributed by atoms with Crippen LogP contribution < -0.4 is 15.5 Å². The molecule has 0 saturated heterocycles. The molecule has 164 valence electrons. The Labute approximate surface area is 182 Å². The summed E-state index contributed by atoms with van der Waals surface area (Å²) >= 11 is 6.15. The van der Waals surface area contributed by atoms with Crippen molar-refractivity contribution in [1.82, 2.24) is 5.32 Å². The molecule has 0 radical (unpaired) electrons. The van der Waals surface area contributed by atoms with Crippen LogP contribution in [0.1, 0.15) is 31.2 Å². The van der Waals surface area contributed by atoms with Crippen molar-refractivity contribution >= 4 is 22.6 Å². The van der Waals surface area contributed by atoms with Crippen LogP contribution in [-0.4, -0.2) is 19.2 Å². The normalized spacial score (nSPS) is 14.6. The van der Waals surface area contributed by atoms with E-state index >= 15 is 0 Å². The summed E-state index contributed by atoms with van der Waals surface area (Å²) in [4.78, 5) is 12.5. The Kier molecular flexibility index (Phi) is 6.25. The molecule has 0 aliphatic heterocycles. The van der Waals surface area contributed by atoms with Gasteiger partial charge in [0.05, 0.1) is 28.1 Å². The van der Waals surface area contributed by atoms with E-state index in [4.69, 9.17) is 20.8 Å². The number of rotatable bonds is 7. The fraction of sp³-hybridized carbons (Fsp3) is 0.348. The van der Waals surface area contributed by atoms with Gasteiger partial charge in [-0.05, 0) is 56.1 Å². The van der Waals surface area contributed by atoms with Gasteiger partial charge in [-0.3, -0.25) is 4.79 Å². The molecule has 1 N–H and O–H groups in total. The summed E-state index contributed by atoms with van der Waals surface area (Å²) in [5, 5.41) is 3.93. The van der Waals surface area contributed by atoms with Gasteiger partial charge < -0.3 is 14.5 Å². The SMILES string of the molecule is O=c1cc(-c2ccc(C(F)(F)F)cc2OCCCNC2CCC2)oc2c(Cl)cccc12. The van der Waals surface area contributed by atoms with Gasteiger partial charge in [0, 0.05) is 12.1 Å². The lowest BCUT2D eigenvalue weighted by atomic mass is 9.93. The summed E-state index contributed by atoms with van der Waals surface area (Å²) < 4.78 is 51.3. The predicted molar refractivity (Wildman–Crippen MR) is 114 cm³/mol. The molecule has 2 aromatic carbocycles. The summed E-state index contributed by atoms with van der Waals surface area (Å²) in [6, 6.07) is 9.69. The van der Waals surface area contributed by atoms with Gasteiger partial charge in [-0.25, -0.2) is 0 Å². The van der Waals surface area contributed by atoms with Crippen molar-refractivity contribution in [2.75, 3.05) is 13.2 Å². The van der Waals surface area contributed by atoms with Crippen molar-refractivity contribution in [2.24, 2.45) is 0 Å². The van der Waals surface area contributed by atoms with E-state index in [0.29, 0.717) is 17.8 Å². The summed E-state index contributed by atoms with van der Waals surface area (Å²) in [7, 11) is 0. The van der Waals surface area contributed by atoms with Crippen LogP contribution in [0.5, 0.6) is 5.75 Å². The number of benzene rings is 2. The van der Waals surface area contributed by atoms with Crippen LogP contribution in [0.2, 0.25) is 5.02 Å². The maximum absolute atomic E-state index is 13.2. The van der Waals surface area contributed by atoms with Gasteiger partial charge in [-0.2, -0.15) is 13.2 Å². The van der Waals surface area contributed by atoms with Crippen molar-refractivity contribution in [3.8, 4) is 17.1 Å². The Balaban J connectivity index is 1.63. The molecule has 1 saturated carbocycles. The van der Waals surface area contributed by atoms with Gasteiger partial charge in [0.1, 0.15) is 11.5 Å². The highest BCUT2D eigenvalue weighted by atomic mass is 35.5. The van der Waals surface area contributed by atoms with Gasteiger partial charge in [-0.15, -0.1) is 0 Å². The molecule has 31 heavy (non-hydrogen) atoms. The van der Waals surface area contributed by atoms with Gasteiger partial charge in [0.2, 0.25) is 0 Å². The maximum atomic E-state index is 13.2. The molecule has 1 aliphatic rings. The van der Waals surface area contributed by atoms with E-state index in [1.165, 1.54) is 18.6 Å². The molecular weight excluding hydrogens is 431 g/mol. The fourth-order valence-electron chi connectivity index (χ4n) is 3.47. The third kappa shape index (κ3) is 4.88. The molecule has 0 amide bonds. The van der Waals surface area contributed by atoms with E-state index in [2.05, 4.69) is 5.32 Å². The highest BCUT2D eigenvalue weighted by Gasteiger charge is 2.31. The standard InChI is InChI=1S/C23H21ClF3NO3/c24-18-7-2-6-16-19(29)13-21(31-22(16)18)17-9-8-14(23(25,26)27)12-20(17)30-11-3-10-28-15-4-1-5-15/h2,6-9,12-13,15,28H,1,3-5,10-11H2. The van der Waals surface area contributed by atoms with E-state index < -0.39 is 11.7 Å². The number of fused-ring (bicyclic) bond motifs is 1. The smallest absolute Gasteiger partial charge is 0.416 e. The second-order valence-corrected chi connectivity index (χ2v) is 7.99. The fourth-order valence-corrected chi connectivity index (χ4v) is 3.68. The van der Waals surface area contributed by atoms with Gasteiger partial charge in [0.25, 0.3) is 0 Å². The van der Waals surface area contributed by atoms with E-state index in [1.54, 1.807) is 18.2 Å². The molecule has 1 fully saturated rings. The maximum Gasteiger partial charge on any atom is 0.416 e. The molecule has 3 aromatic rings. The zero-order valence-electron chi connectivity index (χ0n) is 16.6. The van der Waals surface area contributed by atoms with E-state index in [1.807, 2.05) is 0 Å². The number of hydrogen-bond donors (Lipinski definition) is 1. The predicted octanol–water partition coefficient (Wildman–Crippen LogP) is 6.04. The topological polar surface area (TPSA) is 51.5 Å². The number of halogens is 4. The minimum absolute atomic E-state index is 0.00743. The van der Waals surface area contributed by atoms with Crippen LogP contribution in [0.25, 0.3) is 22.3 Å². The number of para-hydroxylation sites is 1. The van der Waals surface area contributed by atoms with E-state index in [-0.39, 0.29) is 39.7 Å². The first-order valence-corrected chi connectivity index (χ1v) is 10.5. The molecule has 4 nitrogen and oxygen atoms in total. The second kappa shape index (κ2) is 8.93. The molecule has 0 spiro atoms. The summed E-state index contributed by atoms with van der Waals surface area (Å²) in [6.07, 6.45) is -0.344. The molecule has 4 rings (SSSR count). The first-order valence-electron chi connectivity index (χ1n) is 10.1. The molecule has 8 heteroatoms. The molecule has 0 unspecified atom stereocenters. The van der Waals surface area contributed by atoms with Crippen LogP contribution in [0.4, 0.5) is 13.2 Å². The summed E-state index contributed by atoms with van der Waals surface area (Å²) in [6.45, 7) is 0.951. The van der Waals surface area contributed by atoms with Crippen LogP contribution in [0.3, 0.4) is 0 Å². The monoisotopic (exact) mass is 451 g/mol. The second-order valence-electron chi connectivity index (χ2n) is 7.58. The van der Waals surface area contributed by atoms with Crippen LogP contribution in [-0.2, 0) is 6.18 Å². The van der Waals surface area contributed by atoms with Crippen LogP contribution in [0, 0.1) is 0 Å². The molecule has 0 atom stereocenters.